The average molecular weight is 442 g/mol. The van der Waals surface area contributed by atoms with Crippen molar-refractivity contribution in [1.29, 1.82) is 0 Å². The molecule has 0 saturated heterocycles. The summed E-state index contributed by atoms with van der Waals surface area (Å²) in [5.74, 6) is -2.53. The van der Waals surface area contributed by atoms with E-state index in [4.69, 9.17) is 23.4 Å². The third-order valence-corrected chi connectivity index (χ3v) is 4.85. The molecule has 1 N–H and O–H groups in total. The SMILES string of the molecule is COC(=O)C[C@@H](c1cc(OC)c(OC(C)=O)c(OC)c1)c1oc2ccccc2c(=O)c1O. The Kier molecular flexibility index (Phi) is 6.67. The quantitative estimate of drug-likeness (QED) is 0.434. The number of benzene rings is 2. The van der Waals surface area contributed by atoms with Crippen molar-refractivity contribution in [2.75, 3.05) is 21.3 Å². The van der Waals surface area contributed by atoms with E-state index in [1.807, 2.05) is 0 Å². The van der Waals surface area contributed by atoms with Gasteiger partial charge in [0.15, 0.2) is 17.3 Å². The van der Waals surface area contributed by atoms with E-state index in [1.54, 1.807) is 18.2 Å². The summed E-state index contributed by atoms with van der Waals surface area (Å²) in [4.78, 5) is 36.4. The van der Waals surface area contributed by atoms with Crippen LogP contribution >= 0.6 is 0 Å². The highest BCUT2D eigenvalue weighted by molar-refractivity contribution is 5.79. The zero-order valence-electron chi connectivity index (χ0n) is 18.0. The fraction of sp³-hybridized carbons (Fsp3) is 0.261. The molecule has 168 valence electrons. The van der Waals surface area contributed by atoms with Crippen molar-refractivity contribution in [2.45, 2.75) is 19.3 Å². The number of carbonyl (C=O) groups is 2. The van der Waals surface area contributed by atoms with Crippen LogP contribution in [-0.4, -0.2) is 38.4 Å². The van der Waals surface area contributed by atoms with Gasteiger partial charge in [-0.3, -0.25) is 14.4 Å². The van der Waals surface area contributed by atoms with E-state index >= 15 is 0 Å². The summed E-state index contributed by atoms with van der Waals surface area (Å²) in [6.07, 6.45) is -0.259. The van der Waals surface area contributed by atoms with Gasteiger partial charge in [-0.05, 0) is 29.8 Å². The smallest absolute Gasteiger partial charge is 0.308 e. The van der Waals surface area contributed by atoms with Crippen LogP contribution in [0.2, 0.25) is 0 Å². The van der Waals surface area contributed by atoms with Crippen molar-refractivity contribution in [3.05, 3.63) is 57.9 Å². The van der Waals surface area contributed by atoms with Gasteiger partial charge in [-0.2, -0.15) is 0 Å². The number of rotatable bonds is 7. The van der Waals surface area contributed by atoms with Gasteiger partial charge in [0.1, 0.15) is 5.58 Å². The molecule has 1 aromatic heterocycles. The molecule has 32 heavy (non-hydrogen) atoms. The third kappa shape index (κ3) is 4.36. The van der Waals surface area contributed by atoms with Gasteiger partial charge in [0.25, 0.3) is 0 Å². The Balaban J connectivity index is 2.27. The van der Waals surface area contributed by atoms with Crippen LogP contribution in [0.25, 0.3) is 11.0 Å². The first kappa shape index (κ1) is 22.7. The van der Waals surface area contributed by atoms with E-state index in [2.05, 4.69) is 0 Å². The van der Waals surface area contributed by atoms with E-state index in [-0.39, 0.29) is 40.4 Å². The van der Waals surface area contributed by atoms with E-state index in [1.165, 1.54) is 46.5 Å². The molecule has 0 unspecified atom stereocenters. The van der Waals surface area contributed by atoms with Crippen LogP contribution in [0.15, 0.2) is 45.6 Å². The molecular weight excluding hydrogens is 420 g/mol. The zero-order valence-corrected chi connectivity index (χ0v) is 18.0. The van der Waals surface area contributed by atoms with Crippen LogP contribution in [-0.2, 0) is 14.3 Å². The molecule has 3 aromatic rings. The summed E-state index contributed by atoms with van der Waals surface area (Å²) < 4.78 is 26.5. The Morgan fingerprint density at radius 2 is 1.69 bits per heavy atom. The Morgan fingerprint density at radius 3 is 2.25 bits per heavy atom. The number of hydrogen-bond donors (Lipinski definition) is 1. The number of hydrogen-bond acceptors (Lipinski definition) is 9. The molecule has 3 rings (SSSR count). The number of para-hydroxylation sites is 1. The second-order valence-electron chi connectivity index (χ2n) is 6.82. The van der Waals surface area contributed by atoms with Gasteiger partial charge in [0.05, 0.1) is 39.1 Å². The summed E-state index contributed by atoms with van der Waals surface area (Å²) in [7, 11) is 3.96. The molecule has 0 spiro atoms. The molecule has 9 nitrogen and oxygen atoms in total. The standard InChI is InChI=1S/C23H22O9/c1-12(24)31-23-17(28-2)9-13(10-18(23)29-3)15(11-19(25)30-4)22-21(27)20(26)14-7-5-6-8-16(14)32-22/h5-10,15,27H,11H2,1-4H3/t15-/m0/s1. The zero-order chi connectivity index (χ0) is 23.4. The van der Waals surface area contributed by atoms with Crippen LogP contribution in [0.3, 0.4) is 0 Å². The van der Waals surface area contributed by atoms with Gasteiger partial charge in [0, 0.05) is 6.92 Å². The van der Waals surface area contributed by atoms with Crippen molar-refractivity contribution in [2.24, 2.45) is 0 Å². The Morgan fingerprint density at radius 1 is 1.06 bits per heavy atom. The van der Waals surface area contributed by atoms with Crippen LogP contribution in [0.4, 0.5) is 0 Å². The summed E-state index contributed by atoms with van der Waals surface area (Å²) >= 11 is 0. The lowest BCUT2D eigenvalue weighted by atomic mass is 9.91. The van der Waals surface area contributed by atoms with Gasteiger partial charge in [0.2, 0.25) is 16.9 Å². The van der Waals surface area contributed by atoms with Crippen LogP contribution in [0.1, 0.15) is 30.6 Å². The minimum atomic E-state index is -0.936. The second-order valence-corrected chi connectivity index (χ2v) is 6.82. The van der Waals surface area contributed by atoms with Crippen LogP contribution in [0.5, 0.6) is 23.0 Å². The molecule has 0 aliphatic carbocycles. The number of methoxy groups -OCH3 is 3. The maximum atomic E-state index is 12.7. The monoisotopic (exact) mass is 442 g/mol. The predicted octanol–water partition coefficient (Wildman–Crippen LogP) is 3.14. The first-order chi connectivity index (χ1) is 15.3. The van der Waals surface area contributed by atoms with Crippen molar-refractivity contribution < 1.29 is 38.1 Å². The van der Waals surface area contributed by atoms with Crippen molar-refractivity contribution in [1.82, 2.24) is 0 Å². The summed E-state index contributed by atoms with van der Waals surface area (Å²) in [6, 6.07) is 9.45. The van der Waals surface area contributed by atoms with Crippen LogP contribution in [0, 0.1) is 0 Å². The van der Waals surface area contributed by atoms with Crippen molar-refractivity contribution >= 4 is 22.9 Å². The Bertz CT molecular complexity index is 1200. The summed E-state index contributed by atoms with van der Waals surface area (Å²) in [5.41, 5.74) is 0.0107. The number of aromatic hydroxyl groups is 1. The molecule has 0 fully saturated rings. The van der Waals surface area contributed by atoms with E-state index < -0.39 is 29.0 Å². The maximum Gasteiger partial charge on any atom is 0.308 e. The van der Waals surface area contributed by atoms with Gasteiger partial charge in [-0.15, -0.1) is 0 Å². The van der Waals surface area contributed by atoms with E-state index in [9.17, 15) is 19.5 Å². The molecule has 0 radical (unpaired) electrons. The molecule has 1 heterocycles. The molecule has 0 aliphatic heterocycles. The number of esters is 2. The Hall–Kier alpha value is -4.01. The predicted molar refractivity (Wildman–Crippen MR) is 113 cm³/mol. The fourth-order valence-corrected chi connectivity index (χ4v) is 3.34. The second kappa shape index (κ2) is 9.42. The van der Waals surface area contributed by atoms with Gasteiger partial charge >= 0.3 is 11.9 Å². The maximum absolute atomic E-state index is 12.7. The molecule has 0 aliphatic rings. The number of carbonyl (C=O) groups excluding carboxylic acids is 2. The van der Waals surface area contributed by atoms with Gasteiger partial charge < -0.3 is 28.5 Å². The number of fused-ring (bicyclic) bond motifs is 1. The largest absolute Gasteiger partial charge is 0.502 e. The van der Waals surface area contributed by atoms with Crippen molar-refractivity contribution in [3.8, 4) is 23.0 Å². The van der Waals surface area contributed by atoms with Gasteiger partial charge in [-0.1, -0.05) is 12.1 Å². The fourth-order valence-electron chi connectivity index (χ4n) is 3.34. The molecule has 0 saturated carbocycles. The highest BCUT2D eigenvalue weighted by Gasteiger charge is 2.29. The first-order valence-electron chi connectivity index (χ1n) is 9.56. The Labute approximate surface area is 183 Å². The highest BCUT2D eigenvalue weighted by Crippen LogP contribution is 2.44. The molecule has 1 atom stereocenters. The summed E-state index contributed by atoms with van der Waals surface area (Å²) in [5, 5.41) is 10.8. The minimum Gasteiger partial charge on any atom is -0.502 e. The normalized spacial score (nSPS) is 11.6. The lowest BCUT2D eigenvalue weighted by Gasteiger charge is -2.20. The first-order valence-corrected chi connectivity index (χ1v) is 9.56. The van der Waals surface area contributed by atoms with E-state index in [0.29, 0.717) is 5.56 Å². The lowest BCUT2D eigenvalue weighted by molar-refractivity contribution is -0.141. The summed E-state index contributed by atoms with van der Waals surface area (Å²) in [6.45, 7) is 1.23. The topological polar surface area (TPSA) is 122 Å². The van der Waals surface area contributed by atoms with Crippen molar-refractivity contribution in [3.63, 3.8) is 0 Å². The van der Waals surface area contributed by atoms with E-state index in [0.717, 1.165) is 0 Å². The highest BCUT2D eigenvalue weighted by atomic mass is 16.6. The van der Waals surface area contributed by atoms with Crippen LogP contribution < -0.4 is 19.6 Å². The molecule has 2 aromatic carbocycles. The third-order valence-electron chi connectivity index (χ3n) is 4.85. The molecule has 9 heteroatoms. The number of ether oxygens (including phenoxy) is 4. The van der Waals surface area contributed by atoms with Gasteiger partial charge in [-0.25, -0.2) is 0 Å². The average Bonchev–Trinajstić information content (AvgIpc) is 2.79. The lowest BCUT2D eigenvalue weighted by Crippen LogP contribution is -2.14. The minimum absolute atomic E-state index is 0.0484. The molecular formula is C23H22O9. The molecule has 0 amide bonds. The molecule has 0 bridgehead atoms.